The number of aliphatic hydroxyl groups is 3. The fourth-order valence-electron chi connectivity index (χ4n) is 7.23. The maximum atomic E-state index is 13.9. The van der Waals surface area contributed by atoms with Gasteiger partial charge in [-0.05, 0) is 50.8 Å². The monoisotopic (exact) mass is 571 g/mol. The van der Waals surface area contributed by atoms with Crippen LogP contribution in [0.5, 0.6) is 11.5 Å². The maximum Gasteiger partial charge on any atom is 0.317 e. The van der Waals surface area contributed by atoms with Crippen molar-refractivity contribution in [2.75, 3.05) is 26.7 Å². The summed E-state index contributed by atoms with van der Waals surface area (Å²) >= 11 is 0. The highest BCUT2D eigenvalue weighted by molar-refractivity contribution is 6.24. The van der Waals surface area contributed by atoms with E-state index in [4.69, 9.17) is 10.5 Å². The van der Waals surface area contributed by atoms with Crippen LogP contribution in [0.25, 0.3) is 0 Å². The van der Waals surface area contributed by atoms with Gasteiger partial charge in [0, 0.05) is 28.7 Å². The number of ketones is 2. The first-order chi connectivity index (χ1) is 19.4. The fourth-order valence-corrected chi connectivity index (χ4v) is 7.23. The van der Waals surface area contributed by atoms with E-state index in [1.807, 2.05) is 6.92 Å². The Morgan fingerprint density at radius 2 is 1.95 bits per heavy atom. The molecule has 13 nitrogen and oxygen atoms in total. The van der Waals surface area contributed by atoms with E-state index in [1.165, 1.54) is 13.2 Å². The summed E-state index contributed by atoms with van der Waals surface area (Å²) in [6.45, 7) is 2.96. The Kier molecular flexibility index (Phi) is 7.08. The Morgan fingerprint density at radius 1 is 1.24 bits per heavy atom. The van der Waals surface area contributed by atoms with Gasteiger partial charge in [-0.2, -0.15) is 0 Å². The van der Waals surface area contributed by atoms with E-state index >= 15 is 0 Å². The van der Waals surface area contributed by atoms with Gasteiger partial charge in [0.25, 0.3) is 5.91 Å². The number of phenols is 1. The number of allylic oxidation sites excluding steroid dienone is 1. The molecule has 1 heterocycles. The highest BCUT2D eigenvalue weighted by Gasteiger charge is 2.63. The predicted molar refractivity (Wildman–Crippen MR) is 141 cm³/mol. The van der Waals surface area contributed by atoms with Crippen molar-refractivity contribution < 1.29 is 49.4 Å². The molecule has 3 aliphatic carbocycles. The number of aliphatic carboxylic acids is 1. The second-order valence-corrected chi connectivity index (χ2v) is 11.0. The van der Waals surface area contributed by atoms with Crippen LogP contribution in [-0.2, 0) is 20.8 Å². The molecule has 13 heteroatoms. The molecule has 8 N–H and O–H groups in total. The molecule has 0 spiro atoms. The summed E-state index contributed by atoms with van der Waals surface area (Å²) in [6, 6.07) is -0.0246. The Balaban J connectivity index is 1.67. The van der Waals surface area contributed by atoms with Crippen molar-refractivity contribution in [1.82, 2.24) is 10.2 Å². The summed E-state index contributed by atoms with van der Waals surface area (Å²) in [7, 11) is 1.47. The Morgan fingerprint density at radius 3 is 2.56 bits per heavy atom. The number of phenolic OH excluding ortho intramolecular Hbond substituents is 1. The molecule has 0 aromatic heterocycles. The number of likely N-dealkylation sites (tertiary alicyclic amines) is 1. The molecule has 220 valence electrons. The van der Waals surface area contributed by atoms with Crippen LogP contribution < -0.4 is 15.8 Å². The average molecular weight is 572 g/mol. The van der Waals surface area contributed by atoms with Crippen LogP contribution in [0, 0.1) is 11.8 Å². The molecule has 0 radical (unpaired) electrons. The van der Waals surface area contributed by atoms with Crippen LogP contribution in [-0.4, -0.2) is 92.3 Å². The van der Waals surface area contributed by atoms with Gasteiger partial charge in [-0.3, -0.25) is 29.4 Å². The predicted octanol–water partition coefficient (Wildman–Crippen LogP) is 0.399. The lowest BCUT2D eigenvalue weighted by molar-refractivity contribution is -0.146. The van der Waals surface area contributed by atoms with Gasteiger partial charge >= 0.3 is 5.97 Å². The van der Waals surface area contributed by atoms with Crippen LogP contribution in [0.3, 0.4) is 0 Å². The molecular weight excluding hydrogens is 538 g/mol. The first-order valence-electron chi connectivity index (χ1n) is 13.5. The first-order valence-corrected chi connectivity index (χ1v) is 13.5. The molecule has 0 unspecified atom stereocenters. The number of carboxylic acid groups (broad SMARTS) is 1. The van der Waals surface area contributed by atoms with Crippen LogP contribution in [0.4, 0.5) is 0 Å². The molecule has 5 atom stereocenters. The quantitative estimate of drug-likeness (QED) is 0.221. The van der Waals surface area contributed by atoms with E-state index in [1.54, 1.807) is 0 Å². The zero-order chi connectivity index (χ0) is 30.0. The van der Waals surface area contributed by atoms with Gasteiger partial charge in [0.1, 0.15) is 28.6 Å². The third kappa shape index (κ3) is 4.10. The summed E-state index contributed by atoms with van der Waals surface area (Å²) in [5, 5.41) is 56.7. The molecule has 0 bridgehead atoms. The SMILES string of the molecule is CCN1CCC[C@H]1c1cc(O)c2c(c1OC)C[C@H]1C[C@H]3[C@H](NCC(=O)O)C(O)=C(C(N)=O)C(=O)[C@@]3(O)C(O)=C1C2=O. The molecular formula is C28H33N3O10. The van der Waals surface area contributed by atoms with Crippen LogP contribution in [0.2, 0.25) is 0 Å². The van der Waals surface area contributed by atoms with E-state index < -0.39 is 70.6 Å². The zero-order valence-electron chi connectivity index (χ0n) is 22.6. The minimum absolute atomic E-state index is 0.0436. The third-order valence-electron chi connectivity index (χ3n) is 8.99. The summed E-state index contributed by atoms with van der Waals surface area (Å²) in [5.74, 6) is -8.89. The number of aromatic hydroxyl groups is 1. The number of ether oxygens (including phenoxy) is 1. The second kappa shape index (κ2) is 10.2. The van der Waals surface area contributed by atoms with Gasteiger partial charge in [-0.15, -0.1) is 0 Å². The Labute approximate surface area is 234 Å². The number of nitrogens with one attached hydrogen (secondary N) is 1. The van der Waals surface area contributed by atoms with Crippen molar-refractivity contribution in [2.45, 2.75) is 50.3 Å². The van der Waals surface area contributed by atoms with Gasteiger partial charge in [0.15, 0.2) is 11.4 Å². The Bertz CT molecular complexity index is 1430. The molecule has 1 aromatic carbocycles. The number of hydrogen-bond acceptors (Lipinski definition) is 11. The number of amides is 1. The number of carbonyl (C=O) groups excluding carboxylic acids is 3. The number of methoxy groups -OCH3 is 1. The zero-order valence-corrected chi connectivity index (χ0v) is 22.6. The van der Waals surface area contributed by atoms with Gasteiger partial charge < -0.3 is 36.0 Å². The number of Topliss-reactive ketones (excluding diaryl/α,β-unsaturated/α-hetero) is 2. The standard InChI is InChI=1S/C28H33N3O10/c1-3-31-6-4-5-15(31)12-9-16(32)19-13(24(12)41-2)7-11-8-14-21(30-10-17(33)34)23(36)20(27(29)39)26(38)28(14,40)25(37)18(11)22(19)35/h9,11,14-15,21,30,32,36-37,40H,3-8,10H2,1-2H3,(H2,29,39)(H,33,34)/t11-,14-,15-,21-,28-/m0/s1. The summed E-state index contributed by atoms with van der Waals surface area (Å²) < 4.78 is 5.80. The number of rotatable bonds is 7. The lowest BCUT2D eigenvalue weighted by atomic mass is 9.58. The van der Waals surface area contributed by atoms with Gasteiger partial charge in [0.2, 0.25) is 5.78 Å². The normalized spacial score (nSPS) is 29.7. The molecule has 1 aromatic rings. The van der Waals surface area contributed by atoms with Gasteiger partial charge in [-0.25, -0.2) is 0 Å². The third-order valence-corrected chi connectivity index (χ3v) is 8.99. The second-order valence-electron chi connectivity index (χ2n) is 11.0. The number of carbonyl (C=O) groups is 4. The molecule has 1 aliphatic heterocycles. The van der Waals surface area contributed by atoms with Crippen LogP contribution in [0.15, 0.2) is 28.7 Å². The molecule has 41 heavy (non-hydrogen) atoms. The molecule has 1 fully saturated rings. The minimum atomic E-state index is -2.86. The van der Waals surface area contributed by atoms with Crippen LogP contribution in [0.1, 0.15) is 53.7 Å². The molecule has 1 saturated heterocycles. The highest BCUT2D eigenvalue weighted by Crippen LogP contribution is 2.54. The number of benzene rings is 1. The number of carboxylic acids is 1. The molecule has 5 rings (SSSR count). The summed E-state index contributed by atoms with van der Waals surface area (Å²) in [6.07, 6.45) is 1.68. The number of nitrogens with two attached hydrogens (primary N) is 1. The van der Waals surface area contributed by atoms with Crippen molar-refractivity contribution in [1.29, 1.82) is 0 Å². The largest absolute Gasteiger partial charge is 0.510 e. The summed E-state index contributed by atoms with van der Waals surface area (Å²) in [4.78, 5) is 52.9. The maximum absolute atomic E-state index is 13.9. The number of hydrogen-bond donors (Lipinski definition) is 7. The fraction of sp³-hybridized carbons (Fsp3) is 0.500. The number of aliphatic hydroxyl groups excluding tert-OH is 2. The first kappa shape index (κ1) is 28.6. The van der Waals surface area contributed by atoms with Crippen LogP contribution >= 0.6 is 0 Å². The van der Waals surface area contributed by atoms with Crippen molar-refractivity contribution in [3.05, 3.63) is 45.4 Å². The number of primary amides is 1. The van der Waals surface area contributed by atoms with Gasteiger partial charge in [0.05, 0.1) is 25.3 Å². The Hall–Kier alpha value is -3.94. The smallest absolute Gasteiger partial charge is 0.317 e. The number of fused-ring (bicyclic) bond motifs is 3. The number of nitrogens with zero attached hydrogens (tertiary/aromatic N) is 1. The minimum Gasteiger partial charge on any atom is -0.510 e. The van der Waals surface area contributed by atoms with E-state index in [0.717, 1.165) is 31.5 Å². The van der Waals surface area contributed by atoms with E-state index in [-0.39, 0.29) is 35.8 Å². The van der Waals surface area contributed by atoms with Gasteiger partial charge in [-0.1, -0.05) is 6.92 Å². The molecule has 0 saturated carbocycles. The van der Waals surface area contributed by atoms with E-state index in [9.17, 15) is 44.7 Å². The average Bonchev–Trinajstić information content (AvgIpc) is 3.39. The lowest BCUT2D eigenvalue weighted by Crippen LogP contribution is -2.64. The lowest BCUT2D eigenvalue weighted by Gasteiger charge is -2.48. The van der Waals surface area contributed by atoms with Crippen molar-refractivity contribution in [3.8, 4) is 11.5 Å². The van der Waals surface area contributed by atoms with Crippen molar-refractivity contribution in [3.63, 3.8) is 0 Å². The topological polar surface area (TPSA) is 220 Å². The van der Waals surface area contributed by atoms with Crippen molar-refractivity contribution in [2.24, 2.45) is 17.6 Å². The molecule has 1 amide bonds. The highest BCUT2D eigenvalue weighted by atomic mass is 16.5. The van der Waals surface area contributed by atoms with Crippen molar-refractivity contribution >= 4 is 23.4 Å². The van der Waals surface area contributed by atoms with E-state index in [2.05, 4.69) is 10.2 Å². The van der Waals surface area contributed by atoms with E-state index in [0.29, 0.717) is 11.3 Å². The molecule has 4 aliphatic rings. The summed E-state index contributed by atoms with van der Waals surface area (Å²) in [5.41, 5.74) is 2.14.